The Balaban J connectivity index is 0. The van der Waals surface area contributed by atoms with Gasteiger partial charge in [-0.05, 0) is 13.8 Å². The highest BCUT2D eigenvalue weighted by atomic mass is 31.2. The lowest BCUT2D eigenvalue weighted by molar-refractivity contribution is 0.233. The first-order valence-electron chi connectivity index (χ1n) is 2.84. The number of phosphoric acid groups is 1. The summed E-state index contributed by atoms with van der Waals surface area (Å²) >= 11 is 0. The molecule has 0 aromatic heterocycles. The fourth-order valence-electron chi connectivity index (χ4n) is 0.246. The molecule has 0 saturated carbocycles. The van der Waals surface area contributed by atoms with Gasteiger partial charge in [-0.3, -0.25) is 0 Å². The van der Waals surface area contributed by atoms with Gasteiger partial charge in [-0.25, -0.2) is 4.57 Å². The Morgan fingerprint density at radius 3 is 1.82 bits per heavy atom. The number of hydrogen-bond acceptors (Lipinski definition) is 2. The summed E-state index contributed by atoms with van der Waals surface area (Å²) in [5.41, 5.74) is 0. The largest absolute Gasteiger partial charge is 0.499 e. The number of hydrogen-bond donors (Lipinski definition) is 3. The van der Waals surface area contributed by atoms with Gasteiger partial charge < -0.3 is 19.4 Å². The Morgan fingerprint density at radius 1 is 1.55 bits per heavy atom. The fourth-order valence-corrected chi connectivity index (χ4v) is 0.246. The van der Waals surface area contributed by atoms with Crippen molar-refractivity contribution in [2.75, 3.05) is 6.61 Å². The molecule has 3 N–H and O–H groups in total. The third kappa shape index (κ3) is 80.4. The second kappa shape index (κ2) is 6.37. The Bertz CT molecular complexity index is 141. The minimum atomic E-state index is -4.64. The van der Waals surface area contributed by atoms with E-state index in [0.717, 1.165) is 12.4 Å². The van der Waals surface area contributed by atoms with Gasteiger partial charge in [0.25, 0.3) is 0 Å². The van der Waals surface area contributed by atoms with Crippen LogP contribution in [-0.2, 0) is 9.30 Å². The maximum Gasteiger partial charge on any atom is 0.466 e. The highest BCUT2D eigenvalue weighted by molar-refractivity contribution is 7.45. The summed E-state index contributed by atoms with van der Waals surface area (Å²) in [6, 6.07) is 0. The molecule has 0 aliphatic rings. The highest BCUT2D eigenvalue weighted by Crippen LogP contribution is 2.25. The van der Waals surface area contributed by atoms with E-state index in [1.54, 1.807) is 0 Å². The van der Waals surface area contributed by atoms with Gasteiger partial charge in [0.15, 0.2) is 0 Å². The van der Waals surface area contributed by atoms with Crippen LogP contribution in [0.1, 0.15) is 13.8 Å². The Morgan fingerprint density at radius 2 is 1.82 bits per heavy atom. The van der Waals surface area contributed by atoms with Crippen molar-refractivity contribution < 1.29 is 24.0 Å². The Labute approximate surface area is 65.6 Å². The van der Waals surface area contributed by atoms with E-state index in [1.165, 1.54) is 0 Å². The first-order valence-corrected chi connectivity index (χ1v) is 4.40. The third-order valence-electron chi connectivity index (χ3n) is 0.391. The molecule has 0 fully saturated rings. The molecule has 0 amide bonds. The molecule has 0 heterocycles. The van der Waals surface area contributed by atoms with Crippen LogP contribution in [0.4, 0.5) is 0 Å². The van der Waals surface area contributed by atoms with Crippen LogP contribution in [0.15, 0.2) is 12.3 Å². The van der Waals surface area contributed by atoms with E-state index in [9.17, 15) is 0 Å². The van der Waals surface area contributed by atoms with Crippen molar-refractivity contribution in [1.29, 1.82) is 0 Å². The van der Waals surface area contributed by atoms with Crippen LogP contribution in [0.3, 0.4) is 0 Å². The van der Waals surface area contributed by atoms with Crippen LogP contribution in [0.5, 0.6) is 0 Å². The van der Waals surface area contributed by atoms with E-state index in [2.05, 4.69) is 6.58 Å². The zero-order valence-corrected chi connectivity index (χ0v) is 7.41. The van der Waals surface area contributed by atoms with E-state index in [1.807, 2.05) is 13.8 Å². The van der Waals surface area contributed by atoms with Crippen LogP contribution in [0.25, 0.3) is 0 Å². The Kier molecular flexibility index (Phi) is 7.67. The number of allylic oxidation sites excluding steroid dienone is 1. The van der Waals surface area contributed by atoms with E-state index in [0.29, 0.717) is 0 Å². The summed E-state index contributed by atoms with van der Waals surface area (Å²) in [5, 5.41) is 0. The zero-order valence-electron chi connectivity index (χ0n) is 6.52. The van der Waals surface area contributed by atoms with Crippen molar-refractivity contribution in [3.8, 4) is 0 Å². The zero-order chi connectivity index (χ0) is 9.49. The van der Waals surface area contributed by atoms with Crippen molar-refractivity contribution in [3.05, 3.63) is 12.3 Å². The lowest BCUT2D eigenvalue weighted by atomic mass is 10.6. The fraction of sp³-hybridized carbons (Fsp3) is 0.600. The smallest absolute Gasteiger partial charge is 0.466 e. The van der Waals surface area contributed by atoms with Crippen molar-refractivity contribution in [1.82, 2.24) is 0 Å². The summed E-state index contributed by atoms with van der Waals surface area (Å²) in [4.78, 5) is 21.6. The molecule has 5 nitrogen and oxygen atoms in total. The topological polar surface area (TPSA) is 87.0 Å². The second-order valence-electron chi connectivity index (χ2n) is 1.65. The third-order valence-corrected chi connectivity index (χ3v) is 0.391. The standard InChI is InChI=1S/C5H10O.H3O4P/c1-4-6-5(2)3;1-5(2,3)4/h2,4H2,1,3H3;(H3,1,2,3,4). The number of rotatable bonds is 2. The van der Waals surface area contributed by atoms with E-state index in [-0.39, 0.29) is 0 Å². The van der Waals surface area contributed by atoms with Crippen LogP contribution < -0.4 is 0 Å². The molecule has 0 rings (SSSR count). The highest BCUT2D eigenvalue weighted by Gasteiger charge is 2.00. The first kappa shape index (κ1) is 13.3. The molecule has 0 aliphatic heterocycles. The molecule has 0 saturated heterocycles. The molecule has 0 atom stereocenters. The SMILES string of the molecule is C=C(C)OCC.O=P(O)(O)O. The molecule has 0 aromatic rings. The van der Waals surface area contributed by atoms with E-state index in [4.69, 9.17) is 24.0 Å². The monoisotopic (exact) mass is 184 g/mol. The number of ether oxygens (including phenoxy) is 1. The summed E-state index contributed by atoms with van der Waals surface area (Å²) in [7, 11) is -4.64. The van der Waals surface area contributed by atoms with Crippen molar-refractivity contribution >= 4 is 7.82 Å². The first-order chi connectivity index (χ1) is 4.77. The van der Waals surface area contributed by atoms with Crippen LogP contribution in [0, 0.1) is 0 Å². The van der Waals surface area contributed by atoms with Crippen LogP contribution in [0.2, 0.25) is 0 Å². The Hall–Kier alpha value is -0.350. The van der Waals surface area contributed by atoms with Gasteiger partial charge in [-0.15, -0.1) is 0 Å². The van der Waals surface area contributed by atoms with Gasteiger partial charge in [0.2, 0.25) is 0 Å². The average molecular weight is 184 g/mol. The predicted molar refractivity (Wildman–Crippen MR) is 40.7 cm³/mol. The molecule has 0 radical (unpaired) electrons. The molecule has 6 heteroatoms. The van der Waals surface area contributed by atoms with Crippen LogP contribution in [-0.4, -0.2) is 21.3 Å². The van der Waals surface area contributed by atoms with Crippen molar-refractivity contribution in [2.45, 2.75) is 13.8 Å². The molecule has 0 aromatic carbocycles. The lowest BCUT2D eigenvalue weighted by Gasteiger charge is -1.95. The molecular formula is C5H13O5P. The molecule has 11 heavy (non-hydrogen) atoms. The normalized spacial score (nSPS) is 9.55. The van der Waals surface area contributed by atoms with Gasteiger partial charge in [0.1, 0.15) is 0 Å². The molecule has 0 bridgehead atoms. The van der Waals surface area contributed by atoms with Crippen molar-refractivity contribution in [3.63, 3.8) is 0 Å². The second-order valence-corrected chi connectivity index (χ2v) is 2.67. The summed E-state index contributed by atoms with van der Waals surface area (Å²) in [6.45, 7) is 8.03. The van der Waals surface area contributed by atoms with E-state index < -0.39 is 7.82 Å². The van der Waals surface area contributed by atoms with Gasteiger partial charge in [0, 0.05) is 0 Å². The maximum absolute atomic E-state index is 8.88. The lowest BCUT2D eigenvalue weighted by Crippen LogP contribution is -1.81. The van der Waals surface area contributed by atoms with Gasteiger partial charge in [-0.2, -0.15) is 0 Å². The minimum Gasteiger partial charge on any atom is -0.499 e. The molecule has 0 spiro atoms. The average Bonchev–Trinajstić information content (AvgIpc) is 1.58. The maximum atomic E-state index is 8.88. The summed E-state index contributed by atoms with van der Waals surface area (Å²) in [5.74, 6) is 0.789. The minimum absolute atomic E-state index is 0.731. The van der Waals surface area contributed by atoms with Crippen LogP contribution >= 0.6 is 7.82 Å². The molecule has 0 unspecified atom stereocenters. The predicted octanol–water partition coefficient (Wildman–Crippen LogP) is 0.628. The molecule has 68 valence electrons. The van der Waals surface area contributed by atoms with Crippen molar-refractivity contribution in [2.24, 2.45) is 0 Å². The quantitative estimate of drug-likeness (QED) is 0.432. The summed E-state index contributed by atoms with van der Waals surface area (Å²) in [6.07, 6.45) is 0. The molecular weight excluding hydrogens is 171 g/mol. The molecule has 0 aliphatic carbocycles. The van der Waals surface area contributed by atoms with E-state index >= 15 is 0 Å². The van der Waals surface area contributed by atoms with Gasteiger partial charge in [0.05, 0.1) is 12.4 Å². The summed E-state index contributed by atoms with van der Waals surface area (Å²) < 4.78 is 13.7. The van der Waals surface area contributed by atoms with Gasteiger partial charge >= 0.3 is 7.82 Å². The van der Waals surface area contributed by atoms with Gasteiger partial charge in [-0.1, -0.05) is 6.58 Å².